The molecule has 80 valence electrons. The standard InChI is InChI=1S/C11H15N3O/c1-2-12-11(15)9-4-3-7-13-10(9)14-8-5-6-8/h3-4,7-8H,2,5-6H2,1H3,(H,12,15)(H,13,14). The summed E-state index contributed by atoms with van der Waals surface area (Å²) in [5, 5.41) is 6.03. The summed E-state index contributed by atoms with van der Waals surface area (Å²) in [6.45, 7) is 2.54. The van der Waals surface area contributed by atoms with Gasteiger partial charge in [-0.2, -0.15) is 0 Å². The molecule has 1 aromatic heterocycles. The molecule has 0 saturated heterocycles. The average Bonchev–Trinajstić information content (AvgIpc) is 3.03. The van der Waals surface area contributed by atoms with Gasteiger partial charge < -0.3 is 10.6 Å². The first-order chi connectivity index (χ1) is 7.31. The molecule has 1 aromatic rings. The molecule has 1 fully saturated rings. The fraction of sp³-hybridized carbons (Fsp3) is 0.455. The number of anilines is 1. The summed E-state index contributed by atoms with van der Waals surface area (Å²) >= 11 is 0. The lowest BCUT2D eigenvalue weighted by Gasteiger charge is -2.09. The third kappa shape index (κ3) is 2.46. The Morgan fingerprint density at radius 1 is 1.60 bits per heavy atom. The van der Waals surface area contributed by atoms with Crippen molar-refractivity contribution in [1.29, 1.82) is 0 Å². The second-order valence-corrected chi connectivity index (χ2v) is 3.68. The van der Waals surface area contributed by atoms with E-state index in [1.54, 1.807) is 18.3 Å². The maximum absolute atomic E-state index is 11.7. The minimum Gasteiger partial charge on any atom is -0.367 e. The van der Waals surface area contributed by atoms with E-state index in [9.17, 15) is 4.79 Å². The fourth-order valence-corrected chi connectivity index (χ4v) is 1.38. The van der Waals surface area contributed by atoms with Crippen molar-refractivity contribution in [2.45, 2.75) is 25.8 Å². The lowest BCUT2D eigenvalue weighted by molar-refractivity contribution is 0.0956. The predicted molar refractivity (Wildman–Crippen MR) is 58.9 cm³/mol. The quantitative estimate of drug-likeness (QED) is 0.781. The molecule has 0 radical (unpaired) electrons. The van der Waals surface area contributed by atoms with E-state index in [1.165, 1.54) is 12.8 Å². The van der Waals surface area contributed by atoms with Crippen LogP contribution >= 0.6 is 0 Å². The van der Waals surface area contributed by atoms with E-state index in [0.717, 1.165) is 0 Å². The van der Waals surface area contributed by atoms with Crippen LogP contribution in [-0.2, 0) is 0 Å². The summed E-state index contributed by atoms with van der Waals surface area (Å²) < 4.78 is 0. The van der Waals surface area contributed by atoms with Crippen molar-refractivity contribution in [3.63, 3.8) is 0 Å². The predicted octanol–water partition coefficient (Wildman–Crippen LogP) is 1.41. The number of aromatic nitrogens is 1. The van der Waals surface area contributed by atoms with Gasteiger partial charge in [0.05, 0.1) is 5.56 Å². The van der Waals surface area contributed by atoms with E-state index in [2.05, 4.69) is 15.6 Å². The highest BCUT2D eigenvalue weighted by Gasteiger charge is 2.23. The molecular weight excluding hydrogens is 190 g/mol. The van der Waals surface area contributed by atoms with Crippen LogP contribution in [0.5, 0.6) is 0 Å². The topological polar surface area (TPSA) is 54.0 Å². The van der Waals surface area contributed by atoms with E-state index >= 15 is 0 Å². The van der Waals surface area contributed by atoms with Gasteiger partial charge in [-0.1, -0.05) is 0 Å². The minimum absolute atomic E-state index is 0.0613. The molecule has 0 bridgehead atoms. The Bertz CT molecular complexity index is 361. The summed E-state index contributed by atoms with van der Waals surface area (Å²) in [5.41, 5.74) is 0.631. The second kappa shape index (κ2) is 4.29. The van der Waals surface area contributed by atoms with Crippen LogP contribution in [0.1, 0.15) is 30.1 Å². The number of rotatable bonds is 4. The van der Waals surface area contributed by atoms with Gasteiger partial charge >= 0.3 is 0 Å². The number of pyridine rings is 1. The molecule has 1 heterocycles. The van der Waals surface area contributed by atoms with Crippen molar-refractivity contribution in [1.82, 2.24) is 10.3 Å². The molecule has 2 N–H and O–H groups in total. The number of nitrogens with zero attached hydrogens (tertiary/aromatic N) is 1. The van der Waals surface area contributed by atoms with Gasteiger partial charge in [-0.15, -0.1) is 0 Å². The zero-order valence-corrected chi connectivity index (χ0v) is 8.79. The van der Waals surface area contributed by atoms with Crippen molar-refractivity contribution >= 4 is 11.7 Å². The van der Waals surface area contributed by atoms with Crippen LogP contribution in [0.15, 0.2) is 18.3 Å². The Balaban J connectivity index is 2.16. The normalized spacial score (nSPS) is 14.7. The van der Waals surface area contributed by atoms with Crippen molar-refractivity contribution in [3.05, 3.63) is 23.9 Å². The van der Waals surface area contributed by atoms with Crippen LogP contribution in [0, 0.1) is 0 Å². The van der Waals surface area contributed by atoms with Gasteiger partial charge in [0, 0.05) is 18.8 Å². The van der Waals surface area contributed by atoms with Crippen LogP contribution in [0.25, 0.3) is 0 Å². The molecule has 15 heavy (non-hydrogen) atoms. The zero-order valence-electron chi connectivity index (χ0n) is 8.79. The van der Waals surface area contributed by atoms with Gasteiger partial charge in [0.2, 0.25) is 0 Å². The number of carbonyl (C=O) groups is 1. The molecule has 1 aliphatic carbocycles. The van der Waals surface area contributed by atoms with Crippen LogP contribution in [0.2, 0.25) is 0 Å². The molecule has 0 atom stereocenters. The van der Waals surface area contributed by atoms with Crippen LogP contribution in [-0.4, -0.2) is 23.5 Å². The molecule has 0 spiro atoms. The molecule has 4 nitrogen and oxygen atoms in total. The largest absolute Gasteiger partial charge is 0.367 e. The zero-order chi connectivity index (χ0) is 10.7. The van der Waals surface area contributed by atoms with Crippen molar-refractivity contribution in [2.24, 2.45) is 0 Å². The number of nitrogens with one attached hydrogen (secondary N) is 2. The minimum atomic E-state index is -0.0613. The third-order valence-electron chi connectivity index (χ3n) is 2.31. The maximum atomic E-state index is 11.7. The SMILES string of the molecule is CCNC(=O)c1cccnc1NC1CC1. The van der Waals surface area contributed by atoms with Gasteiger partial charge in [0.1, 0.15) is 5.82 Å². The first-order valence-corrected chi connectivity index (χ1v) is 5.31. The molecule has 1 aliphatic rings. The summed E-state index contributed by atoms with van der Waals surface area (Å²) in [6, 6.07) is 4.08. The second-order valence-electron chi connectivity index (χ2n) is 3.68. The first kappa shape index (κ1) is 9.96. The Hall–Kier alpha value is -1.58. The smallest absolute Gasteiger partial charge is 0.255 e. The molecular formula is C11H15N3O. The maximum Gasteiger partial charge on any atom is 0.255 e. The highest BCUT2D eigenvalue weighted by Crippen LogP contribution is 2.25. The molecule has 4 heteroatoms. The monoisotopic (exact) mass is 205 g/mol. The average molecular weight is 205 g/mol. The number of hydrogen-bond donors (Lipinski definition) is 2. The third-order valence-corrected chi connectivity index (χ3v) is 2.31. The van der Waals surface area contributed by atoms with Gasteiger partial charge in [-0.25, -0.2) is 4.98 Å². The summed E-state index contributed by atoms with van der Waals surface area (Å²) in [6.07, 6.45) is 4.05. The van der Waals surface area contributed by atoms with Crippen LogP contribution < -0.4 is 10.6 Å². The van der Waals surface area contributed by atoms with E-state index in [-0.39, 0.29) is 5.91 Å². The molecule has 2 rings (SSSR count). The molecule has 1 saturated carbocycles. The van der Waals surface area contributed by atoms with E-state index < -0.39 is 0 Å². The lowest BCUT2D eigenvalue weighted by Crippen LogP contribution is -2.24. The van der Waals surface area contributed by atoms with Crippen molar-refractivity contribution in [2.75, 3.05) is 11.9 Å². The summed E-state index contributed by atoms with van der Waals surface area (Å²) in [5.74, 6) is 0.639. The molecule has 1 amide bonds. The highest BCUT2D eigenvalue weighted by molar-refractivity contribution is 5.98. The van der Waals surface area contributed by atoms with Crippen LogP contribution in [0.3, 0.4) is 0 Å². The van der Waals surface area contributed by atoms with Gasteiger partial charge in [0.15, 0.2) is 0 Å². The molecule has 0 aliphatic heterocycles. The van der Waals surface area contributed by atoms with Crippen molar-refractivity contribution < 1.29 is 4.79 Å². The summed E-state index contributed by atoms with van der Waals surface area (Å²) in [7, 11) is 0. The molecule has 0 aromatic carbocycles. The Labute approximate surface area is 89.1 Å². The highest BCUT2D eigenvalue weighted by atomic mass is 16.1. The van der Waals surface area contributed by atoms with Crippen molar-refractivity contribution in [3.8, 4) is 0 Å². The fourth-order valence-electron chi connectivity index (χ4n) is 1.38. The lowest BCUT2D eigenvalue weighted by atomic mass is 10.2. The first-order valence-electron chi connectivity index (χ1n) is 5.31. The van der Waals surface area contributed by atoms with Gasteiger partial charge in [-0.05, 0) is 31.9 Å². The number of carbonyl (C=O) groups excluding carboxylic acids is 1. The van der Waals surface area contributed by atoms with E-state index in [4.69, 9.17) is 0 Å². The van der Waals surface area contributed by atoms with Crippen LogP contribution in [0.4, 0.5) is 5.82 Å². The Morgan fingerprint density at radius 3 is 3.07 bits per heavy atom. The number of hydrogen-bond acceptors (Lipinski definition) is 3. The van der Waals surface area contributed by atoms with E-state index in [1.807, 2.05) is 6.92 Å². The van der Waals surface area contributed by atoms with Gasteiger partial charge in [0.25, 0.3) is 5.91 Å². The van der Waals surface area contributed by atoms with E-state index in [0.29, 0.717) is 24.0 Å². The Morgan fingerprint density at radius 2 is 2.40 bits per heavy atom. The summed E-state index contributed by atoms with van der Waals surface area (Å²) in [4.78, 5) is 15.9. The molecule has 0 unspecified atom stereocenters. The van der Waals surface area contributed by atoms with Gasteiger partial charge in [-0.3, -0.25) is 4.79 Å². The Kier molecular flexibility index (Phi) is 2.85. The number of amides is 1.